The second-order valence-electron chi connectivity index (χ2n) is 8.80. The van der Waals surface area contributed by atoms with Crippen LogP contribution < -0.4 is 5.32 Å². The van der Waals surface area contributed by atoms with Crippen LogP contribution in [0.25, 0.3) is 0 Å². The molecule has 0 saturated carbocycles. The molecular formula is C21H24F3N5O2. The standard InChI is InChI=1S/C21H24F3N5O2/c22-21(23,24)18-16(10-25)9-15(11-26-18)8-14-3-6-28(7-4-14)19(31)29-12-20(13-29)5-1-2-17(30)27-20/h9,11,14H,1-8,12-13H2,(H,27,30). The summed E-state index contributed by atoms with van der Waals surface area (Å²) < 4.78 is 38.7. The van der Waals surface area contributed by atoms with Crippen LogP contribution in [-0.2, 0) is 17.4 Å². The van der Waals surface area contributed by atoms with E-state index in [1.54, 1.807) is 15.9 Å². The number of nitriles is 1. The number of likely N-dealkylation sites (tertiary alicyclic amines) is 2. The van der Waals surface area contributed by atoms with E-state index in [4.69, 9.17) is 5.26 Å². The Morgan fingerprint density at radius 1 is 1.29 bits per heavy atom. The van der Waals surface area contributed by atoms with Gasteiger partial charge in [-0.3, -0.25) is 9.78 Å². The fourth-order valence-corrected chi connectivity index (χ4v) is 4.86. The fraction of sp³-hybridized carbons (Fsp3) is 0.619. The Labute approximate surface area is 178 Å². The highest BCUT2D eigenvalue weighted by Crippen LogP contribution is 2.33. The molecule has 7 nitrogen and oxygen atoms in total. The molecule has 1 aromatic rings. The number of alkyl halides is 3. The highest BCUT2D eigenvalue weighted by Gasteiger charge is 2.48. The van der Waals surface area contributed by atoms with Crippen molar-refractivity contribution in [2.24, 2.45) is 5.92 Å². The van der Waals surface area contributed by atoms with Gasteiger partial charge in [0.1, 0.15) is 6.07 Å². The van der Waals surface area contributed by atoms with Gasteiger partial charge in [-0.2, -0.15) is 18.4 Å². The number of piperidine rings is 2. The molecule has 10 heteroatoms. The van der Waals surface area contributed by atoms with Gasteiger partial charge >= 0.3 is 12.2 Å². The number of carbonyl (C=O) groups is 2. The Morgan fingerprint density at radius 3 is 2.61 bits per heavy atom. The van der Waals surface area contributed by atoms with E-state index in [9.17, 15) is 22.8 Å². The number of carbonyl (C=O) groups excluding carboxylic acids is 2. The normalized spacial score (nSPS) is 21.4. The van der Waals surface area contributed by atoms with Gasteiger partial charge in [-0.05, 0) is 49.7 Å². The molecule has 3 fully saturated rings. The Balaban J connectivity index is 1.28. The van der Waals surface area contributed by atoms with E-state index in [0.717, 1.165) is 25.7 Å². The van der Waals surface area contributed by atoms with Gasteiger partial charge in [-0.1, -0.05) is 0 Å². The third kappa shape index (κ3) is 4.45. The molecule has 166 valence electrons. The minimum absolute atomic E-state index is 0.0214. The van der Waals surface area contributed by atoms with Crippen LogP contribution in [0, 0.1) is 17.2 Å². The summed E-state index contributed by atoms with van der Waals surface area (Å²) in [5, 5.41) is 12.1. The number of nitrogens with one attached hydrogen (secondary N) is 1. The molecule has 0 unspecified atom stereocenters. The van der Waals surface area contributed by atoms with Gasteiger partial charge in [0.15, 0.2) is 5.69 Å². The maximum Gasteiger partial charge on any atom is 0.434 e. The first-order valence-electron chi connectivity index (χ1n) is 10.5. The first-order valence-corrected chi connectivity index (χ1v) is 10.5. The topological polar surface area (TPSA) is 89.3 Å². The lowest BCUT2D eigenvalue weighted by Gasteiger charge is -2.53. The van der Waals surface area contributed by atoms with Crippen LogP contribution in [-0.4, -0.2) is 58.4 Å². The highest BCUT2D eigenvalue weighted by molar-refractivity contribution is 5.80. The summed E-state index contributed by atoms with van der Waals surface area (Å²) in [6.07, 6.45) is 0.856. The number of rotatable bonds is 2. The van der Waals surface area contributed by atoms with Gasteiger partial charge in [-0.25, -0.2) is 4.79 Å². The van der Waals surface area contributed by atoms with Crippen LogP contribution in [0.3, 0.4) is 0 Å². The summed E-state index contributed by atoms with van der Waals surface area (Å²) in [6, 6.07) is 2.83. The smallest absolute Gasteiger partial charge is 0.347 e. The molecule has 1 aromatic heterocycles. The largest absolute Gasteiger partial charge is 0.434 e. The van der Waals surface area contributed by atoms with Crippen molar-refractivity contribution in [2.45, 2.75) is 50.2 Å². The van der Waals surface area contributed by atoms with Gasteiger partial charge in [0.25, 0.3) is 0 Å². The summed E-state index contributed by atoms with van der Waals surface area (Å²) in [5.74, 6) is 0.269. The average molecular weight is 435 g/mol. The summed E-state index contributed by atoms with van der Waals surface area (Å²) >= 11 is 0. The second-order valence-corrected chi connectivity index (χ2v) is 8.80. The SMILES string of the molecule is N#Cc1cc(CC2CCN(C(=O)N3CC4(CCCC(=O)N4)C3)CC2)cnc1C(F)(F)F. The molecule has 0 bridgehead atoms. The number of amides is 3. The van der Waals surface area contributed by atoms with Crippen LogP contribution in [0.2, 0.25) is 0 Å². The lowest BCUT2D eigenvalue weighted by Crippen LogP contribution is -2.73. The zero-order valence-corrected chi connectivity index (χ0v) is 17.0. The summed E-state index contributed by atoms with van der Waals surface area (Å²) in [5.41, 5.74) is -1.26. The van der Waals surface area contributed by atoms with Crippen molar-refractivity contribution in [1.29, 1.82) is 5.26 Å². The lowest BCUT2D eigenvalue weighted by atomic mass is 9.81. The lowest BCUT2D eigenvalue weighted by molar-refractivity contribution is -0.141. The summed E-state index contributed by atoms with van der Waals surface area (Å²) in [4.78, 5) is 31.4. The first-order chi connectivity index (χ1) is 14.7. The van der Waals surface area contributed by atoms with Crippen LogP contribution in [0.4, 0.5) is 18.0 Å². The predicted octanol–water partition coefficient (Wildman–Crippen LogP) is 2.70. The van der Waals surface area contributed by atoms with Gasteiger partial charge in [-0.15, -0.1) is 0 Å². The quantitative estimate of drug-likeness (QED) is 0.774. The Kier molecular flexibility index (Phi) is 5.54. The molecule has 31 heavy (non-hydrogen) atoms. The molecule has 3 aliphatic rings. The number of nitrogens with zero attached hydrogens (tertiary/aromatic N) is 4. The molecule has 4 rings (SSSR count). The molecule has 0 radical (unpaired) electrons. The maximum absolute atomic E-state index is 12.9. The maximum atomic E-state index is 12.9. The van der Waals surface area contributed by atoms with Crippen molar-refractivity contribution in [2.75, 3.05) is 26.2 Å². The monoisotopic (exact) mass is 435 g/mol. The molecule has 3 saturated heterocycles. The minimum Gasteiger partial charge on any atom is -0.347 e. The van der Waals surface area contributed by atoms with Gasteiger partial charge in [0.2, 0.25) is 5.91 Å². The molecule has 3 amide bonds. The Bertz CT molecular complexity index is 913. The minimum atomic E-state index is -4.65. The third-order valence-corrected chi connectivity index (χ3v) is 6.46. The highest BCUT2D eigenvalue weighted by atomic mass is 19.4. The molecule has 0 aromatic carbocycles. The van der Waals surface area contributed by atoms with E-state index in [-0.39, 0.29) is 23.4 Å². The van der Waals surface area contributed by atoms with Crippen molar-refractivity contribution < 1.29 is 22.8 Å². The number of aromatic nitrogens is 1. The van der Waals surface area contributed by atoms with Gasteiger partial charge in [0, 0.05) is 38.8 Å². The van der Waals surface area contributed by atoms with Crippen LogP contribution in [0.1, 0.15) is 48.9 Å². The van der Waals surface area contributed by atoms with Crippen LogP contribution in [0.15, 0.2) is 12.3 Å². The Morgan fingerprint density at radius 2 is 2.00 bits per heavy atom. The van der Waals surface area contributed by atoms with E-state index >= 15 is 0 Å². The number of pyridine rings is 1. The number of halogens is 3. The van der Waals surface area contributed by atoms with E-state index in [1.165, 1.54) is 12.3 Å². The van der Waals surface area contributed by atoms with Crippen LogP contribution >= 0.6 is 0 Å². The predicted molar refractivity (Wildman–Crippen MR) is 104 cm³/mol. The Hall–Kier alpha value is -2.83. The van der Waals surface area contributed by atoms with Gasteiger partial charge in [0.05, 0.1) is 11.1 Å². The molecule has 0 atom stereocenters. The average Bonchev–Trinajstić information content (AvgIpc) is 2.71. The van der Waals surface area contributed by atoms with Crippen LogP contribution in [0.5, 0.6) is 0 Å². The number of hydrogen-bond acceptors (Lipinski definition) is 4. The zero-order chi connectivity index (χ0) is 22.2. The van der Waals surface area contributed by atoms with Crippen molar-refractivity contribution >= 4 is 11.9 Å². The van der Waals surface area contributed by atoms with Gasteiger partial charge < -0.3 is 15.1 Å². The molecule has 1 N–H and O–H groups in total. The van der Waals surface area contributed by atoms with E-state index < -0.39 is 17.4 Å². The van der Waals surface area contributed by atoms with E-state index in [2.05, 4.69) is 10.3 Å². The summed E-state index contributed by atoms with van der Waals surface area (Å²) in [7, 11) is 0. The molecule has 0 aliphatic carbocycles. The fourth-order valence-electron chi connectivity index (χ4n) is 4.86. The van der Waals surface area contributed by atoms with Crippen molar-refractivity contribution in [3.63, 3.8) is 0 Å². The second kappa shape index (κ2) is 8.02. The molecule has 1 spiro atoms. The number of urea groups is 1. The van der Waals surface area contributed by atoms with Crippen molar-refractivity contribution in [3.05, 3.63) is 29.1 Å². The first kappa shape index (κ1) is 21.4. The van der Waals surface area contributed by atoms with Crippen molar-refractivity contribution in [1.82, 2.24) is 20.1 Å². The van der Waals surface area contributed by atoms with E-state index in [1.807, 2.05) is 0 Å². The number of hydrogen-bond donors (Lipinski definition) is 1. The summed E-state index contributed by atoms with van der Waals surface area (Å²) in [6.45, 7) is 2.26. The van der Waals surface area contributed by atoms with E-state index in [0.29, 0.717) is 44.6 Å². The third-order valence-electron chi connectivity index (χ3n) is 6.46. The molecule has 4 heterocycles. The molecule has 3 aliphatic heterocycles. The molecular weight excluding hydrogens is 411 g/mol. The van der Waals surface area contributed by atoms with Crippen molar-refractivity contribution in [3.8, 4) is 6.07 Å². The zero-order valence-electron chi connectivity index (χ0n) is 17.0.